The summed E-state index contributed by atoms with van der Waals surface area (Å²) in [7, 11) is 0. The van der Waals surface area contributed by atoms with Crippen LogP contribution >= 0.6 is 15.9 Å². The van der Waals surface area contributed by atoms with Crippen LogP contribution < -0.4 is 0 Å². The number of carbonyl (C=O) groups excluding carboxylic acids is 1. The Bertz CT molecular complexity index is 1090. The molecule has 0 radical (unpaired) electrons. The highest BCUT2D eigenvalue weighted by Gasteiger charge is 2.22. The second-order valence-corrected chi connectivity index (χ2v) is 7.82. The molecule has 4 rings (SSSR count). The molecule has 4 aromatic rings. The molecule has 3 heteroatoms. The highest BCUT2D eigenvalue weighted by atomic mass is 79.9. The summed E-state index contributed by atoms with van der Waals surface area (Å²) < 4.78 is 0.967. The Morgan fingerprint density at radius 3 is 2.21 bits per heavy atom. The van der Waals surface area contributed by atoms with E-state index in [1.54, 1.807) is 6.20 Å². The normalized spacial score (nSPS) is 11.8. The first-order valence-electron chi connectivity index (χ1n) is 9.56. The fourth-order valence-electron chi connectivity index (χ4n) is 3.59. The largest absolute Gasteiger partial charge is 0.294 e. The number of Topliss-reactive ketones (excluding diaryl/α,β-unsaturated/α-hetero) is 1. The summed E-state index contributed by atoms with van der Waals surface area (Å²) in [6.45, 7) is 0. The van der Waals surface area contributed by atoms with Gasteiger partial charge in [0, 0.05) is 34.1 Å². The molecule has 0 aliphatic carbocycles. The second kappa shape index (κ2) is 8.97. The van der Waals surface area contributed by atoms with Gasteiger partial charge in [0.15, 0.2) is 5.78 Å². The third-order valence-corrected chi connectivity index (χ3v) is 5.56. The quantitative estimate of drug-likeness (QED) is 0.304. The molecule has 0 bridgehead atoms. The third kappa shape index (κ3) is 4.52. The number of rotatable bonds is 6. The van der Waals surface area contributed by atoms with Crippen molar-refractivity contribution in [3.05, 3.63) is 124 Å². The maximum absolute atomic E-state index is 13.1. The lowest BCUT2D eigenvalue weighted by molar-refractivity contribution is 0.0977. The number of halogens is 1. The Balaban J connectivity index is 1.77. The average Bonchev–Trinajstić information content (AvgIpc) is 2.79. The van der Waals surface area contributed by atoms with Gasteiger partial charge >= 0.3 is 0 Å². The number of benzene rings is 3. The molecule has 29 heavy (non-hydrogen) atoms. The van der Waals surface area contributed by atoms with Gasteiger partial charge in [0.1, 0.15) is 0 Å². The van der Waals surface area contributed by atoms with Crippen molar-refractivity contribution < 1.29 is 4.79 Å². The van der Waals surface area contributed by atoms with E-state index in [-0.39, 0.29) is 11.7 Å². The first-order chi connectivity index (χ1) is 14.2. The zero-order chi connectivity index (χ0) is 20.1. The van der Waals surface area contributed by atoms with E-state index in [0.717, 1.165) is 32.4 Å². The van der Waals surface area contributed by atoms with E-state index in [9.17, 15) is 4.79 Å². The number of hydrogen-bond donors (Lipinski definition) is 0. The zero-order valence-electron chi connectivity index (χ0n) is 15.8. The summed E-state index contributed by atoms with van der Waals surface area (Å²) in [4.78, 5) is 17.7. The van der Waals surface area contributed by atoms with Crippen LogP contribution in [0.1, 0.15) is 33.8 Å². The number of nitrogens with zero attached hydrogens (tertiary/aromatic N) is 1. The standard InChI is InChI=1S/C26H20BrNO/c27-21-15-13-20(14-16-21)26(29)18-24(19-8-2-1-3-9-19)22-10-4-5-11-23(22)25-12-6-7-17-28-25/h1-17,24H,18H2. The number of ketones is 1. The van der Waals surface area contributed by atoms with Gasteiger partial charge in [-0.2, -0.15) is 0 Å². The molecular weight excluding hydrogens is 422 g/mol. The summed E-state index contributed by atoms with van der Waals surface area (Å²) in [5, 5.41) is 0. The third-order valence-electron chi connectivity index (χ3n) is 5.03. The SMILES string of the molecule is O=C(CC(c1ccccc1)c1ccccc1-c1ccccn1)c1ccc(Br)cc1. The highest BCUT2D eigenvalue weighted by molar-refractivity contribution is 9.10. The lowest BCUT2D eigenvalue weighted by Crippen LogP contribution is -2.10. The van der Waals surface area contributed by atoms with Crippen LogP contribution in [0.4, 0.5) is 0 Å². The molecule has 0 spiro atoms. The van der Waals surface area contributed by atoms with Crippen LogP contribution in [0.25, 0.3) is 11.3 Å². The minimum Gasteiger partial charge on any atom is -0.294 e. The molecule has 1 atom stereocenters. The first-order valence-corrected chi connectivity index (χ1v) is 10.4. The lowest BCUT2D eigenvalue weighted by Gasteiger charge is -2.21. The van der Waals surface area contributed by atoms with Gasteiger partial charge in [0.25, 0.3) is 0 Å². The molecule has 0 amide bonds. The monoisotopic (exact) mass is 441 g/mol. The molecule has 0 aliphatic heterocycles. The average molecular weight is 442 g/mol. The molecule has 0 aliphatic rings. The molecule has 3 aromatic carbocycles. The zero-order valence-corrected chi connectivity index (χ0v) is 17.4. The Kier molecular flexibility index (Phi) is 5.97. The summed E-state index contributed by atoms with van der Waals surface area (Å²) in [5.74, 6) is 0.0766. The van der Waals surface area contributed by atoms with Crippen LogP contribution in [0.15, 0.2) is 108 Å². The van der Waals surface area contributed by atoms with Crippen molar-refractivity contribution in [3.8, 4) is 11.3 Å². The van der Waals surface area contributed by atoms with E-state index in [1.807, 2.05) is 72.8 Å². The van der Waals surface area contributed by atoms with Gasteiger partial charge in [-0.3, -0.25) is 9.78 Å². The molecule has 0 saturated carbocycles. The smallest absolute Gasteiger partial charge is 0.163 e. The van der Waals surface area contributed by atoms with Gasteiger partial charge in [-0.25, -0.2) is 0 Å². The molecule has 142 valence electrons. The fourth-order valence-corrected chi connectivity index (χ4v) is 3.85. The Hall–Kier alpha value is -3.04. The predicted octanol–water partition coefficient (Wildman–Crippen LogP) is 6.92. The summed E-state index contributed by atoms with van der Waals surface area (Å²) >= 11 is 3.44. The Morgan fingerprint density at radius 1 is 0.793 bits per heavy atom. The van der Waals surface area contributed by atoms with Gasteiger partial charge in [0.2, 0.25) is 0 Å². The topological polar surface area (TPSA) is 30.0 Å². The first kappa shape index (κ1) is 19.3. The summed E-state index contributed by atoms with van der Waals surface area (Å²) in [6.07, 6.45) is 2.20. The molecule has 0 saturated heterocycles. The Morgan fingerprint density at radius 2 is 1.48 bits per heavy atom. The van der Waals surface area contributed by atoms with Crippen LogP contribution in [0.2, 0.25) is 0 Å². The summed E-state index contributed by atoms with van der Waals surface area (Å²) in [5.41, 5.74) is 4.94. The van der Waals surface area contributed by atoms with Crippen molar-refractivity contribution in [1.29, 1.82) is 0 Å². The van der Waals surface area contributed by atoms with Crippen molar-refractivity contribution in [3.63, 3.8) is 0 Å². The molecule has 2 nitrogen and oxygen atoms in total. The van der Waals surface area contributed by atoms with Gasteiger partial charge in [0.05, 0.1) is 5.69 Å². The molecular formula is C26H20BrNO. The minimum atomic E-state index is -0.0504. The van der Waals surface area contributed by atoms with E-state index >= 15 is 0 Å². The van der Waals surface area contributed by atoms with Crippen molar-refractivity contribution >= 4 is 21.7 Å². The number of hydrogen-bond acceptors (Lipinski definition) is 2. The fraction of sp³-hybridized carbons (Fsp3) is 0.0769. The summed E-state index contributed by atoms with van der Waals surface area (Å²) in [6, 6.07) is 32.0. The van der Waals surface area contributed by atoms with E-state index < -0.39 is 0 Å². The second-order valence-electron chi connectivity index (χ2n) is 6.90. The highest BCUT2D eigenvalue weighted by Crippen LogP contribution is 2.35. The number of pyridine rings is 1. The van der Waals surface area contributed by atoms with Crippen molar-refractivity contribution in [1.82, 2.24) is 4.98 Å². The van der Waals surface area contributed by atoms with Gasteiger partial charge < -0.3 is 0 Å². The van der Waals surface area contributed by atoms with Crippen LogP contribution in [-0.2, 0) is 0 Å². The number of aromatic nitrogens is 1. The Labute approximate surface area is 179 Å². The van der Waals surface area contributed by atoms with Crippen LogP contribution in [-0.4, -0.2) is 10.8 Å². The molecule has 0 N–H and O–H groups in total. The van der Waals surface area contributed by atoms with E-state index in [0.29, 0.717) is 6.42 Å². The minimum absolute atomic E-state index is 0.0504. The van der Waals surface area contributed by atoms with Gasteiger partial charge in [-0.15, -0.1) is 0 Å². The van der Waals surface area contributed by atoms with Crippen molar-refractivity contribution in [2.24, 2.45) is 0 Å². The molecule has 0 fully saturated rings. The molecule has 1 heterocycles. The van der Waals surface area contributed by atoms with Crippen LogP contribution in [0.3, 0.4) is 0 Å². The van der Waals surface area contributed by atoms with E-state index in [1.165, 1.54) is 0 Å². The van der Waals surface area contributed by atoms with Gasteiger partial charge in [-0.1, -0.05) is 88.7 Å². The van der Waals surface area contributed by atoms with Crippen molar-refractivity contribution in [2.75, 3.05) is 0 Å². The number of carbonyl (C=O) groups is 1. The maximum atomic E-state index is 13.1. The lowest BCUT2D eigenvalue weighted by atomic mass is 9.83. The van der Waals surface area contributed by atoms with Crippen LogP contribution in [0, 0.1) is 0 Å². The maximum Gasteiger partial charge on any atom is 0.163 e. The van der Waals surface area contributed by atoms with Gasteiger partial charge in [-0.05, 0) is 35.4 Å². The van der Waals surface area contributed by atoms with Crippen molar-refractivity contribution in [2.45, 2.75) is 12.3 Å². The van der Waals surface area contributed by atoms with E-state index in [4.69, 9.17) is 0 Å². The molecule has 1 unspecified atom stereocenters. The van der Waals surface area contributed by atoms with E-state index in [2.05, 4.69) is 45.2 Å². The molecule has 1 aromatic heterocycles. The predicted molar refractivity (Wildman–Crippen MR) is 121 cm³/mol. The van der Waals surface area contributed by atoms with Crippen LogP contribution in [0.5, 0.6) is 0 Å².